The van der Waals surface area contributed by atoms with Crippen LogP contribution >= 0.6 is 0 Å². The van der Waals surface area contributed by atoms with Crippen LogP contribution < -0.4 is 5.32 Å². The van der Waals surface area contributed by atoms with E-state index >= 15 is 0 Å². The highest BCUT2D eigenvalue weighted by Gasteiger charge is 2.24. The van der Waals surface area contributed by atoms with Gasteiger partial charge in [0.2, 0.25) is 0 Å². The lowest BCUT2D eigenvalue weighted by Crippen LogP contribution is -2.28. The summed E-state index contributed by atoms with van der Waals surface area (Å²) in [5, 5.41) is 3.40. The van der Waals surface area contributed by atoms with E-state index in [1.807, 2.05) is 0 Å². The van der Waals surface area contributed by atoms with Crippen molar-refractivity contribution in [3.63, 3.8) is 0 Å². The van der Waals surface area contributed by atoms with E-state index in [1.54, 1.807) is 6.20 Å². The fourth-order valence-corrected chi connectivity index (χ4v) is 2.24. The van der Waals surface area contributed by atoms with Crippen LogP contribution in [0.1, 0.15) is 22.8 Å². The van der Waals surface area contributed by atoms with Gasteiger partial charge in [0, 0.05) is 12.5 Å². The molecule has 0 amide bonds. The third kappa shape index (κ3) is 1.74. The van der Waals surface area contributed by atoms with Crippen LogP contribution in [0.5, 0.6) is 0 Å². The molecule has 3 rings (SSSR count). The van der Waals surface area contributed by atoms with Crippen LogP contribution in [0.25, 0.3) is 0 Å². The fourth-order valence-electron chi connectivity index (χ4n) is 2.24. The van der Waals surface area contributed by atoms with Gasteiger partial charge in [-0.05, 0) is 17.5 Å². The molecule has 1 heterocycles. The minimum absolute atomic E-state index is 0.666. The summed E-state index contributed by atoms with van der Waals surface area (Å²) in [4.78, 5) is 3.88. The van der Waals surface area contributed by atoms with Crippen molar-refractivity contribution >= 4 is 0 Å². The molecule has 1 unspecified atom stereocenters. The summed E-state index contributed by atoms with van der Waals surface area (Å²) in [6, 6.07) is 8.65. The summed E-state index contributed by atoms with van der Waals surface area (Å²) in [5.41, 5.74) is 2.99. The molecule has 1 N–H and O–H groups in total. The van der Waals surface area contributed by atoms with Crippen molar-refractivity contribution in [1.29, 1.82) is 0 Å². The molecule has 0 fully saturated rings. The number of fused-ring (bicyclic) bond motifs is 1. The van der Waals surface area contributed by atoms with Crippen LogP contribution in [0.4, 0.5) is 0 Å². The molecule has 1 aromatic carbocycles. The number of aromatic nitrogens is 1. The number of nitrogens with one attached hydrogen (secondary N) is 1. The summed E-state index contributed by atoms with van der Waals surface area (Å²) in [7, 11) is 0. The highest BCUT2D eigenvalue weighted by molar-refractivity contribution is 5.40. The zero-order valence-corrected chi connectivity index (χ0v) is 9.02. The smallest absolute Gasteiger partial charge is 0.180 e. The van der Waals surface area contributed by atoms with Crippen LogP contribution in [-0.4, -0.2) is 11.5 Å². The first-order valence-corrected chi connectivity index (χ1v) is 5.59. The summed E-state index contributed by atoms with van der Waals surface area (Å²) in [6.07, 6.45) is 4.41. The Morgan fingerprint density at radius 2 is 2.31 bits per heavy atom. The molecule has 1 atom stereocenters. The predicted octanol–water partition coefficient (Wildman–Crippen LogP) is 2.10. The molecule has 0 radical (unpaired) electrons. The van der Waals surface area contributed by atoms with E-state index < -0.39 is 0 Å². The van der Waals surface area contributed by atoms with Gasteiger partial charge in [-0.25, -0.2) is 4.98 Å². The average molecular weight is 214 g/mol. The highest BCUT2D eigenvalue weighted by Crippen LogP contribution is 2.33. The Morgan fingerprint density at radius 1 is 1.38 bits per heavy atom. The minimum atomic E-state index is 0.666. The number of rotatable bonds is 4. The molecule has 0 spiro atoms. The van der Waals surface area contributed by atoms with Gasteiger partial charge >= 0.3 is 0 Å². The molecule has 82 valence electrons. The Labute approximate surface area is 94.5 Å². The summed E-state index contributed by atoms with van der Waals surface area (Å²) in [5.74, 6) is 1.56. The van der Waals surface area contributed by atoms with Gasteiger partial charge in [-0.2, -0.15) is 0 Å². The molecule has 1 aromatic heterocycles. The Hall–Kier alpha value is -1.61. The number of nitrogens with zero attached hydrogens (tertiary/aromatic N) is 1. The number of hydrogen-bond acceptors (Lipinski definition) is 3. The molecule has 16 heavy (non-hydrogen) atoms. The van der Waals surface area contributed by atoms with Crippen LogP contribution in [0.2, 0.25) is 0 Å². The Bertz CT molecular complexity index is 465. The van der Waals surface area contributed by atoms with E-state index in [0.717, 1.165) is 18.8 Å². The molecule has 2 aromatic rings. The van der Waals surface area contributed by atoms with Gasteiger partial charge in [0.1, 0.15) is 5.76 Å². The molecular formula is C13H14N2O. The molecule has 1 aliphatic carbocycles. The molecule has 0 saturated heterocycles. The fraction of sp³-hybridized carbons (Fsp3) is 0.308. The van der Waals surface area contributed by atoms with E-state index in [0.29, 0.717) is 5.92 Å². The zero-order chi connectivity index (χ0) is 10.8. The van der Waals surface area contributed by atoms with E-state index in [4.69, 9.17) is 4.42 Å². The lowest BCUT2D eigenvalue weighted by Gasteiger charge is -2.30. The quantitative estimate of drug-likeness (QED) is 0.847. The third-order valence-electron chi connectivity index (χ3n) is 3.13. The van der Waals surface area contributed by atoms with E-state index in [1.165, 1.54) is 23.9 Å². The zero-order valence-electron chi connectivity index (χ0n) is 9.02. The predicted molar refractivity (Wildman–Crippen MR) is 61.1 cm³/mol. The molecule has 3 heteroatoms. The van der Waals surface area contributed by atoms with Crippen molar-refractivity contribution < 1.29 is 4.42 Å². The van der Waals surface area contributed by atoms with Crippen LogP contribution in [0.15, 0.2) is 41.3 Å². The normalized spacial score (nSPS) is 17.9. The summed E-state index contributed by atoms with van der Waals surface area (Å²) >= 11 is 0. The van der Waals surface area contributed by atoms with Gasteiger partial charge in [-0.15, -0.1) is 0 Å². The molecule has 1 aliphatic rings. The Balaban J connectivity index is 1.52. The van der Waals surface area contributed by atoms with Gasteiger partial charge in [0.15, 0.2) is 6.39 Å². The van der Waals surface area contributed by atoms with Crippen LogP contribution in [0.3, 0.4) is 0 Å². The monoisotopic (exact) mass is 214 g/mol. The molecule has 0 bridgehead atoms. The number of hydrogen-bond donors (Lipinski definition) is 1. The second kappa shape index (κ2) is 4.10. The van der Waals surface area contributed by atoms with Gasteiger partial charge in [-0.1, -0.05) is 24.3 Å². The highest BCUT2D eigenvalue weighted by atomic mass is 16.3. The maximum Gasteiger partial charge on any atom is 0.180 e. The van der Waals surface area contributed by atoms with Crippen molar-refractivity contribution in [2.45, 2.75) is 18.9 Å². The van der Waals surface area contributed by atoms with Crippen molar-refractivity contribution in [3.05, 3.63) is 53.7 Å². The lowest BCUT2D eigenvalue weighted by atomic mass is 9.77. The van der Waals surface area contributed by atoms with Crippen molar-refractivity contribution in [1.82, 2.24) is 10.3 Å². The van der Waals surface area contributed by atoms with E-state index in [2.05, 4.69) is 34.6 Å². The molecule has 0 aliphatic heterocycles. The lowest BCUT2D eigenvalue weighted by molar-refractivity contribution is 0.460. The van der Waals surface area contributed by atoms with Crippen molar-refractivity contribution in [3.8, 4) is 0 Å². The Kier molecular flexibility index (Phi) is 2.46. The molecular weight excluding hydrogens is 200 g/mol. The Morgan fingerprint density at radius 3 is 3.12 bits per heavy atom. The standard InChI is InChI=1S/C13H14N2O/c1-2-4-13-10(3-1)5-11(13)6-14-7-12-8-15-9-16-12/h1-4,8-9,11,14H,5-7H2. The van der Waals surface area contributed by atoms with Gasteiger partial charge < -0.3 is 9.73 Å². The van der Waals surface area contributed by atoms with E-state index in [-0.39, 0.29) is 0 Å². The first-order chi connectivity index (χ1) is 7.93. The largest absolute Gasteiger partial charge is 0.447 e. The van der Waals surface area contributed by atoms with Gasteiger partial charge in [0.25, 0.3) is 0 Å². The van der Waals surface area contributed by atoms with Gasteiger partial charge in [0.05, 0.1) is 12.7 Å². The first kappa shape index (κ1) is 9.60. The van der Waals surface area contributed by atoms with Crippen molar-refractivity contribution in [2.75, 3.05) is 6.54 Å². The minimum Gasteiger partial charge on any atom is -0.447 e. The maximum absolute atomic E-state index is 5.16. The van der Waals surface area contributed by atoms with Crippen molar-refractivity contribution in [2.24, 2.45) is 0 Å². The SMILES string of the molecule is c1ccc2c(c1)CC2CNCc1cnco1. The van der Waals surface area contributed by atoms with Gasteiger partial charge in [-0.3, -0.25) is 0 Å². The summed E-state index contributed by atoms with van der Waals surface area (Å²) < 4.78 is 5.16. The second-order valence-electron chi connectivity index (χ2n) is 4.20. The third-order valence-corrected chi connectivity index (χ3v) is 3.13. The molecule has 3 nitrogen and oxygen atoms in total. The number of benzene rings is 1. The first-order valence-electron chi connectivity index (χ1n) is 5.59. The average Bonchev–Trinajstić information content (AvgIpc) is 2.77. The molecule has 0 saturated carbocycles. The second-order valence-corrected chi connectivity index (χ2v) is 4.20. The summed E-state index contributed by atoms with van der Waals surface area (Å²) in [6.45, 7) is 1.77. The van der Waals surface area contributed by atoms with Crippen LogP contribution in [-0.2, 0) is 13.0 Å². The van der Waals surface area contributed by atoms with Crippen LogP contribution in [0, 0.1) is 0 Å². The van der Waals surface area contributed by atoms with E-state index in [9.17, 15) is 0 Å². The topological polar surface area (TPSA) is 38.1 Å². The number of oxazole rings is 1. The maximum atomic E-state index is 5.16.